The number of aryl methyl sites for hydroxylation is 1. The predicted molar refractivity (Wildman–Crippen MR) is 84.1 cm³/mol. The maximum atomic E-state index is 6.65. The summed E-state index contributed by atoms with van der Waals surface area (Å²) in [5, 5.41) is 0.579. The van der Waals surface area contributed by atoms with Gasteiger partial charge in [-0.25, -0.2) is 0 Å². The molecule has 0 bridgehead atoms. The van der Waals surface area contributed by atoms with Crippen LogP contribution in [-0.4, -0.2) is 6.61 Å². The van der Waals surface area contributed by atoms with Gasteiger partial charge in [-0.05, 0) is 54.2 Å². The molecule has 20 heavy (non-hydrogen) atoms. The van der Waals surface area contributed by atoms with Crippen molar-refractivity contribution >= 4 is 23.2 Å². The van der Waals surface area contributed by atoms with Crippen molar-refractivity contribution in [3.63, 3.8) is 0 Å². The molecule has 0 fully saturated rings. The van der Waals surface area contributed by atoms with Gasteiger partial charge in [0.2, 0.25) is 0 Å². The highest BCUT2D eigenvalue weighted by Gasteiger charge is 2.17. The van der Waals surface area contributed by atoms with Gasteiger partial charge in [0, 0.05) is 5.02 Å². The molecule has 3 heteroatoms. The van der Waals surface area contributed by atoms with Crippen LogP contribution in [0.1, 0.15) is 34.1 Å². The standard InChI is InChI=1S/C17H16Cl2O/c1-11-14(5-2-6-15(11)18)17(19)13-7-8-16-12(10-13)4-3-9-20-16/h2,5-8,10,17H,3-4,9H2,1H3. The summed E-state index contributed by atoms with van der Waals surface area (Å²) in [5.41, 5.74) is 4.46. The monoisotopic (exact) mass is 306 g/mol. The molecule has 0 N–H and O–H groups in total. The van der Waals surface area contributed by atoms with Gasteiger partial charge < -0.3 is 4.74 Å². The molecule has 1 atom stereocenters. The van der Waals surface area contributed by atoms with Crippen LogP contribution in [0.2, 0.25) is 5.02 Å². The van der Waals surface area contributed by atoms with E-state index in [0.29, 0.717) is 0 Å². The SMILES string of the molecule is Cc1c(Cl)cccc1C(Cl)c1ccc2c(c1)CCCO2. The van der Waals surface area contributed by atoms with E-state index in [-0.39, 0.29) is 5.38 Å². The zero-order chi connectivity index (χ0) is 14.1. The maximum Gasteiger partial charge on any atom is 0.122 e. The number of fused-ring (bicyclic) bond motifs is 1. The van der Waals surface area contributed by atoms with Gasteiger partial charge in [0.05, 0.1) is 12.0 Å². The van der Waals surface area contributed by atoms with E-state index >= 15 is 0 Å². The molecule has 0 aromatic heterocycles. The fourth-order valence-corrected chi connectivity index (χ4v) is 3.17. The normalized spacial score (nSPS) is 15.3. The van der Waals surface area contributed by atoms with Crippen LogP contribution in [0.15, 0.2) is 36.4 Å². The molecule has 1 aliphatic rings. The van der Waals surface area contributed by atoms with Crippen LogP contribution in [0.5, 0.6) is 5.75 Å². The highest BCUT2D eigenvalue weighted by molar-refractivity contribution is 6.31. The van der Waals surface area contributed by atoms with Crippen molar-refractivity contribution in [2.45, 2.75) is 25.1 Å². The second kappa shape index (κ2) is 5.67. The fraction of sp³-hybridized carbons (Fsp3) is 0.294. The van der Waals surface area contributed by atoms with Crippen LogP contribution < -0.4 is 4.74 Å². The van der Waals surface area contributed by atoms with Gasteiger partial charge in [-0.1, -0.05) is 35.9 Å². The zero-order valence-corrected chi connectivity index (χ0v) is 12.8. The first-order valence-electron chi connectivity index (χ1n) is 6.81. The Kier molecular flexibility index (Phi) is 3.91. The summed E-state index contributed by atoms with van der Waals surface area (Å²) in [6.07, 6.45) is 2.13. The van der Waals surface area contributed by atoms with Gasteiger partial charge >= 0.3 is 0 Å². The zero-order valence-electron chi connectivity index (χ0n) is 11.3. The van der Waals surface area contributed by atoms with E-state index in [1.165, 1.54) is 5.56 Å². The molecular weight excluding hydrogens is 291 g/mol. The molecule has 0 saturated heterocycles. The minimum atomic E-state index is -0.180. The summed E-state index contributed by atoms with van der Waals surface area (Å²) < 4.78 is 5.64. The molecule has 2 aromatic carbocycles. The van der Waals surface area contributed by atoms with Crippen LogP contribution in [0.25, 0.3) is 0 Å². The molecule has 1 nitrogen and oxygen atoms in total. The second-order valence-corrected chi connectivity index (χ2v) is 5.98. The Balaban J connectivity index is 1.98. The van der Waals surface area contributed by atoms with Crippen LogP contribution >= 0.6 is 23.2 Å². The molecule has 0 amide bonds. The molecule has 0 spiro atoms. The third-order valence-electron chi connectivity index (χ3n) is 3.81. The van der Waals surface area contributed by atoms with Crippen molar-refractivity contribution in [2.24, 2.45) is 0 Å². The summed E-state index contributed by atoms with van der Waals surface area (Å²) in [6, 6.07) is 12.1. The minimum absolute atomic E-state index is 0.180. The van der Waals surface area contributed by atoms with E-state index in [4.69, 9.17) is 27.9 Å². The molecule has 1 aliphatic heterocycles. The minimum Gasteiger partial charge on any atom is -0.493 e. The van der Waals surface area contributed by atoms with Crippen molar-refractivity contribution in [3.05, 3.63) is 63.7 Å². The molecule has 0 aliphatic carbocycles. The van der Waals surface area contributed by atoms with E-state index in [1.54, 1.807) is 0 Å². The molecular formula is C17H16Cl2O. The van der Waals surface area contributed by atoms with Crippen LogP contribution in [0.3, 0.4) is 0 Å². The average Bonchev–Trinajstić information content (AvgIpc) is 2.49. The van der Waals surface area contributed by atoms with Crippen molar-refractivity contribution < 1.29 is 4.74 Å². The lowest BCUT2D eigenvalue weighted by Crippen LogP contribution is -2.09. The van der Waals surface area contributed by atoms with Crippen molar-refractivity contribution in [3.8, 4) is 5.75 Å². The summed E-state index contributed by atoms with van der Waals surface area (Å²) >= 11 is 12.8. The number of alkyl halides is 1. The lowest BCUT2D eigenvalue weighted by Gasteiger charge is -2.20. The Morgan fingerprint density at radius 3 is 2.90 bits per heavy atom. The van der Waals surface area contributed by atoms with Gasteiger partial charge in [-0.2, -0.15) is 0 Å². The second-order valence-electron chi connectivity index (χ2n) is 5.14. The average molecular weight is 307 g/mol. The molecule has 104 valence electrons. The van der Waals surface area contributed by atoms with Crippen molar-refractivity contribution in [2.75, 3.05) is 6.61 Å². The maximum absolute atomic E-state index is 6.65. The van der Waals surface area contributed by atoms with Crippen LogP contribution in [-0.2, 0) is 6.42 Å². The summed E-state index contributed by atoms with van der Waals surface area (Å²) in [7, 11) is 0. The van der Waals surface area contributed by atoms with E-state index in [0.717, 1.165) is 46.9 Å². The molecule has 3 rings (SSSR count). The molecule has 2 aromatic rings. The number of hydrogen-bond acceptors (Lipinski definition) is 1. The van der Waals surface area contributed by atoms with Gasteiger partial charge in [-0.3, -0.25) is 0 Å². The van der Waals surface area contributed by atoms with E-state index in [2.05, 4.69) is 6.07 Å². The van der Waals surface area contributed by atoms with Crippen molar-refractivity contribution in [1.82, 2.24) is 0 Å². The first-order valence-corrected chi connectivity index (χ1v) is 7.63. The Morgan fingerprint density at radius 1 is 1.20 bits per heavy atom. The number of halogens is 2. The molecule has 1 heterocycles. The van der Waals surface area contributed by atoms with E-state index in [1.807, 2.05) is 37.3 Å². The van der Waals surface area contributed by atoms with E-state index < -0.39 is 0 Å². The number of hydrogen-bond donors (Lipinski definition) is 0. The van der Waals surface area contributed by atoms with Gasteiger partial charge in [-0.15, -0.1) is 11.6 Å². The van der Waals surface area contributed by atoms with Gasteiger partial charge in [0.25, 0.3) is 0 Å². The lowest BCUT2D eigenvalue weighted by atomic mass is 9.96. The third kappa shape index (κ3) is 2.53. The topological polar surface area (TPSA) is 9.23 Å². The summed E-state index contributed by atoms with van der Waals surface area (Å²) in [5.74, 6) is 0.992. The van der Waals surface area contributed by atoms with E-state index in [9.17, 15) is 0 Å². The fourth-order valence-electron chi connectivity index (χ4n) is 2.62. The Labute approximate surface area is 129 Å². The lowest BCUT2D eigenvalue weighted by molar-refractivity contribution is 0.288. The first kappa shape index (κ1) is 13.8. The number of benzene rings is 2. The van der Waals surface area contributed by atoms with Gasteiger partial charge in [0.15, 0.2) is 0 Å². The first-order chi connectivity index (χ1) is 9.66. The predicted octanol–water partition coefficient (Wildman–Crippen LogP) is 5.30. The Bertz CT molecular complexity index is 637. The molecule has 1 unspecified atom stereocenters. The number of rotatable bonds is 2. The quantitative estimate of drug-likeness (QED) is 0.684. The smallest absolute Gasteiger partial charge is 0.122 e. The van der Waals surface area contributed by atoms with Crippen molar-refractivity contribution in [1.29, 1.82) is 0 Å². The Morgan fingerprint density at radius 2 is 2.05 bits per heavy atom. The summed E-state index contributed by atoms with van der Waals surface area (Å²) in [6.45, 7) is 2.82. The largest absolute Gasteiger partial charge is 0.493 e. The third-order valence-corrected chi connectivity index (χ3v) is 4.70. The molecule has 0 saturated carbocycles. The Hall–Kier alpha value is -1.18. The van der Waals surface area contributed by atoms with Gasteiger partial charge in [0.1, 0.15) is 5.75 Å². The highest BCUT2D eigenvalue weighted by atomic mass is 35.5. The van der Waals surface area contributed by atoms with Crippen LogP contribution in [0, 0.1) is 6.92 Å². The highest BCUT2D eigenvalue weighted by Crippen LogP contribution is 2.36. The summed E-state index contributed by atoms with van der Waals surface area (Å²) in [4.78, 5) is 0. The molecule has 0 radical (unpaired) electrons. The number of ether oxygens (including phenoxy) is 1. The van der Waals surface area contributed by atoms with Crippen LogP contribution in [0.4, 0.5) is 0 Å².